The number of hydrogen-bond acceptors (Lipinski definition) is 5. The first-order valence-electron chi connectivity index (χ1n) is 7.63. The van der Waals surface area contributed by atoms with E-state index in [2.05, 4.69) is 37.2 Å². The molecule has 0 fully saturated rings. The van der Waals surface area contributed by atoms with Gasteiger partial charge in [-0.05, 0) is 16.1 Å². The zero-order chi connectivity index (χ0) is 17.9. The van der Waals surface area contributed by atoms with Gasteiger partial charge in [-0.25, -0.2) is 0 Å². The standard InChI is InChI=1S/C7H8.2C4H9.O5P2.Sn/c1-7-5-3-2-4-6-7;2*1-3-4-2;1-6(2)5-7(3)4;/h2-6H,1H3;2*1,3-4H2,2H3;;/q;;;;+2. The van der Waals surface area contributed by atoms with Gasteiger partial charge in [-0.2, -0.15) is 0 Å². The van der Waals surface area contributed by atoms with E-state index in [4.69, 9.17) is 0 Å². The molecule has 0 aliphatic rings. The van der Waals surface area contributed by atoms with Crippen molar-refractivity contribution in [2.24, 2.45) is 0 Å². The third-order valence-electron chi connectivity index (χ3n) is 2.49. The summed E-state index contributed by atoms with van der Waals surface area (Å²) in [6.07, 6.45) is 5.84. The fourth-order valence-corrected chi connectivity index (χ4v) is 5.91. The van der Waals surface area contributed by atoms with E-state index >= 15 is 0 Å². The molecule has 1 rings (SSSR count). The maximum atomic E-state index is 9.24. The quantitative estimate of drug-likeness (QED) is 0.326. The molecule has 0 saturated carbocycles. The maximum absolute atomic E-state index is 9.24. The molecule has 0 amide bonds. The fourth-order valence-electron chi connectivity index (χ4n) is 1.32. The normalized spacial score (nSPS) is 10.3. The van der Waals surface area contributed by atoms with E-state index in [1.807, 2.05) is 18.2 Å². The van der Waals surface area contributed by atoms with Crippen LogP contribution in [0, 0.1) is 6.92 Å². The summed E-state index contributed by atoms with van der Waals surface area (Å²) in [5, 5.41) is 0. The van der Waals surface area contributed by atoms with Crippen LogP contribution in [-0.2, 0) is 13.4 Å². The van der Waals surface area contributed by atoms with Crippen molar-refractivity contribution in [1.82, 2.24) is 0 Å². The minimum absolute atomic E-state index is 0.149. The van der Waals surface area contributed by atoms with Gasteiger partial charge in [-0.3, -0.25) is 0 Å². The van der Waals surface area contributed by atoms with Crippen LogP contribution in [0.25, 0.3) is 0 Å². The summed E-state index contributed by atoms with van der Waals surface area (Å²) < 4.78 is 24.9. The molecule has 1 aromatic carbocycles. The van der Waals surface area contributed by atoms with Crippen LogP contribution in [0.1, 0.15) is 45.1 Å². The summed E-state index contributed by atoms with van der Waals surface area (Å²) >= 11 is 0.149. The van der Waals surface area contributed by atoms with Gasteiger partial charge in [0.15, 0.2) is 0 Å². The van der Waals surface area contributed by atoms with Crippen molar-refractivity contribution in [2.45, 2.75) is 55.3 Å². The van der Waals surface area contributed by atoms with Crippen molar-refractivity contribution in [3.8, 4) is 0 Å². The SMILES string of the molecule is CCC[CH2][Sn+2][CH2]CCC.Cc1ccccc1.O=[P+]([O-])O[P+](=O)[O-]. The molecule has 1 aromatic rings. The first-order valence-corrected chi connectivity index (χ1v) is 13.9. The van der Waals surface area contributed by atoms with Gasteiger partial charge >= 0.3 is 86.1 Å². The average molecular weight is 467 g/mol. The monoisotopic (exact) mass is 468 g/mol. The van der Waals surface area contributed by atoms with E-state index in [-0.39, 0.29) is 21.1 Å². The fraction of sp³-hybridized carbons (Fsp3) is 0.600. The van der Waals surface area contributed by atoms with Gasteiger partial charge in [0, 0.05) is 0 Å². The minimum atomic E-state index is -3.24. The zero-order valence-electron chi connectivity index (χ0n) is 14.1. The Balaban J connectivity index is 0. The Bertz CT molecular complexity index is 386. The molecule has 0 aliphatic carbocycles. The summed E-state index contributed by atoms with van der Waals surface area (Å²) in [6, 6.07) is 10.3. The Labute approximate surface area is 152 Å². The van der Waals surface area contributed by atoms with Crippen LogP contribution >= 0.6 is 16.5 Å². The molecule has 8 heteroatoms. The van der Waals surface area contributed by atoms with Crippen LogP contribution in [0.2, 0.25) is 8.87 Å². The third kappa shape index (κ3) is 27.3. The van der Waals surface area contributed by atoms with E-state index in [9.17, 15) is 18.9 Å². The second kappa shape index (κ2) is 20.1. The predicted octanol–water partition coefficient (Wildman–Crippen LogP) is 4.16. The molecule has 0 N–H and O–H groups in total. The minimum Gasteiger partial charge on any atom is -0.563 e. The van der Waals surface area contributed by atoms with Gasteiger partial charge in [0.1, 0.15) is 4.31 Å². The molecule has 0 bridgehead atoms. The van der Waals surface area contributed by atoms with Gasteiger partial charge in [0.05, 0.1) is 0 Å². The molecule has 0 aromatic heterocycles. The van der Waals surface area contributed by atoms with E-state index in [1.165, 1.54) is 31.2 Å². The van der Waals surface area contributed by atoms with Crippen LogP contribution in [0.5, 0.6) is 0 Å². The Morgan fingerprint density at radius 1 is 0.957 bits per heavy atom. The number of unbranched alkanes of at least 4 members (excludes halogenated alkanes) is 2. The van der Waals surface area contributed by atoms with Crippen molar-refractivity contribution >= 4 is 37.7 Å². The van der Waals surface area contributed by atoms with Crippen LogP contribution in [0.3, 0.4) is 0 Å². The van der Waals surface area contributed by atoms with Gasteiger partial charge in [-0.15, -0.1) is 0 Å². The molecule has 0 spiro atoms. The van der Waals surface area contributed by atoms with Crippen LogP contribution < -0.4 is 9.79 Å². The number of hydrogen-bond donors (Lipinski definition) is 0. The van der Waals surface area contributed by atoms with E-state index in [1.54, 1.807) is 8.87 Å². The maximum Gasteiger partial charge on any atom is 0.543 e. The zero-order valence-corrected chi connectivity index (χ0v) is 18.7. The van der Waals surface area contributed by atoms with E-state index in [0.717, 1.165) is 0 Å². The van der Waals surface area contributed by atoms with Crippen molar-refractivity contribution in [1.29, 1.82) is 0 Å². The molecule has 2 unspecified atom stereocenters. The summed E-state index contributed by atoms with van der Waals surface area (Å²) in [7, 11) is -6.47. The summed E-state index contributed by atoms with van der Waals surface area (Å²) in [6.45, 7) is 6.67. The molecule has 5 nitrogen and oxygen atoms in total. The topological polar surface area (TPSA) is 89.5 Å². The van der Waals surface area contributed by atoms with Crippen LogP contribution in [0.15, 0.2) is 30.3 Å². The van der Waals surface area contributed by atoms with Crippen molar-refractivity contribution in [3.63, 3.8) is 0 Å². The number of aryl methyl sites for hydroxylation is 1. The predicted molar refractivity (Wildman–Crippen MR) is 92.7 cm³/mol. The van der Waals surface area contributed by atoms with E-state index < -0.39 is 16.5 Å². The molecule has 128 valence electrons. The van der Waals surface area contributed by atoms with Gasteiger partial charge in [-0.1, -0.05) is 35.9 Å². The number of rotatable bonds is 8. The largest absolute Gasteiger partial charge is 0.563 e. The second-order valence-corrected chi connectivity index (χ2v) is 10.5. The molecule has 0 aliphatic heterocycles. The summed E-state index contributed by atoms with van der Waals surface area (Å²) in [4.78, 5) is 18.5. The van der Waals surface area contributed by atoms with Crippen LogP contribution in [0.4, 0.5) is 0 Å². The Morgan fingerprint density at radius 2 is 1.39 bits per heavy atom. The van der Waals surface area contributed by atoms with Crippen molar-refractivity contribution < 1.29 is 23.2 Å². The van der Waals surface area contributed by atoms with Crippen molar-refractivity contribution in [3.05, 3.63) is 35.9 Å². The Hall–Kier alpha value is 0.0987. The molecular weight excluding hydrogens is 441 g/mol. The third-order valence-corrected chi connectivity index (χ3v) is 7.59. The molecular formula is C15H26O5P2Sn+2. The molecule has 0 heterocycles. The van der Waals surface area contributed by atoms with Gasteiger partial charge < -0.3 is 9.79 Å². The Morgan fingerprint density at radius 3 is 1.61 bits per heavy atom. The van der Waals surface area contributed by atoms with Gasteiger partial charge in [0.25, 0.3) is 0 Å². The number of benzene rings is 1. The smallest absolute Gasteiger partial charge is 0.543 e. The first kappa shape index (κ1) is 25.3. The van der Waals surface area contributed by atoms with Crippen molar-refractivity contribution in [2.75, 3.05) is 0 Å². The molecule has 23 heavy (non-hydrogen) atoms. The van der Waals surface area contributed by atoms with Gasteiger partial charge in [0.2, 0.25) is 0 Å². The average Bonchev–Trinajstić information content (AvgIpc) is 2.48. The summed E-state index contributed by atoms with van der Waals surface area (Å²) in [5.41, 5.74) is 1.32. The molecule has 0 radical (unpaired) electrons. The van der Waals surface area contributed by atoms with E-state index in [0.29, 0.717) is 0 Å². The molecule has 0 saturated heterocycles. The first-order chi connectivity index (χ1) is 10.9. The molecule has 2 atom stereocenters. The second-order valence-electron chi connectivity index (χ2n) is 4.64. The van der Waals surface area contributed by atoms with Crippen LogP contribution in [-0.4, -0.2) is 21.1 Å². The Kier molecular flexibility index (Phi) is 22.2. The summed E-state index contributed by atoms with van der Waals surface area (Å²) in [5.74, 6) is 0.